The second-order valence-electron chi connectivity index (χ2n) is 8.86. The van der Waals surface area contributed by atoms with Crippen LogP contribution >= 0.6 is 0 Å². The molecule has 0 saturated carbocycles. The van der Waals surface area contributed by atoms with E-state index in [2.05, 4.69) is 13.8 Å². The smallest absolute Gasteiger partial charge is 0.320 e. The van der Waals surface area contributed by atoms with Gasteiger partial charge in [-0.1, -0.05) is 55.4 Å². The summed E-state index contributed by atoms with van der Waals surface area (Å²) in [6, 6.07) is 0. The monoisotopic (exact) mass is 314 g/mol. The Bertz CT molecular complexity index is 328. The van der Waals surface area contributed by atoms with E-state index in [4.69, 9.17) is 9.47 Å². The zero-order valence-electron chi connectivity index (χ0n) is 15.6. The molecule has 130 valence electrons. The van der Waals surface area contributed by atoms with Crippen molar-refractivity contribution in [3.8, 4) is 0 Å². The Kier molecular flexibility index (Phi) is 8.13. The number of rotatable bonds is 7. The van der Waals surface area contributed by atoms with Gasteiger partial charge in [-0.3, -0.25) is 9.59 Å². The van der Waals surface area contributed by atoms with Gasteiger partial charge in [0.15, 0.2) is 5.92 Å². The maximum absolute atomic E-state index is 12.2. The molecule has 0 N–H and O–H groups in total. The fraction of sp³-hybridized carbons (Fsp3) is 0.889. The minimum atomic E-state index is -0.813. The molecule has 0 aromatic rings. The molecule has 0 bridgehead atoms. The van der Waals surface area contributed by atoms with Crippen LogP contribution in [0.3, 0.4) is 0 Å². The van der Waals surface area contributed by atoms with Crippen LogP contribution in [0.1, 0.15) is 68.2 Å². The van der Waals surface area contributed by atoms with Crippen LogP contribution < -0.4 is 0 Å². The van der Waals surface area contributed by atoms with Crippen molar-refractivity contribution in [2.75, 3.05) is 13.2 Å². The Labute approximate surface area is 135 Å². The van der Waals surface area contributed by atoms with Crippen LogP contribution in [0.5, 0.6) is 0 Å². The first-order chi connectivity index (χ1) is 9.82. The lowest BCUT2D eigenvalue weighted by Gasteiger charge is -2.23. The van der Waals surface area contributed by atoms with Gasteiger partial charge in [0.1, 0.15) is 0 Å². The molecule has 0 unspecified atom stereocenters. The Balaban J connectivity index is 4.72. The largest absolute Gasteiger partial charge is 0.464 e. The molecule has 0 saturated heterocycles. The molecule has 0 atom stereocenters. The van der Waals surface area contributed by atoms with E-state index < -0.39 is 17.9 Å². The standard InChI is InChI=1S/C18H34O4/c1-13(2)9-10-14(15(19)21-11-17(3,4)5)16(20)22-12-18(6,7)8/h13-14H,9-12H2,1-8H3. The molecular formula is C18H34O4. The van der Waals surface area contributed by atoms with Crippen molar-refractivity contribution in [1.29, 1.82) is 0 Å². The number of hydrogen-bond acceptors (Lipinski definition) is 4. The van der Waals surface area contributed by atoms with Crippen LogP contribution in [0.4, 0.5) is 0 Å². The number of carbonyl (C=O) groups is 2. The third-order valence-corrected chi connectivity index (χ3v) is 2.90. The highest BCUT2D eigenvalue weighted by Crippen LogP contribution is 2.20. The quantitative estimate of drug-likeness (QED) is 0.521. The van der Waals surface area contributed by atoms with Crippen molar-refractivity contribution in [1.82, 2.24) is 0 Å². The second-order valence-corrected chi connectivity index (χ2v) is 8.86. The van der Waals surface area contributed by atoms with E-state index in [9.17, 15) is 9.59 Å². The summed E-state index contributed by atoms with van der Waals surface area (Å²) in [5.41, 5.74) is -0.235. The first kappa shape index (κ1) is 20.9. The lowest BCUT2D eigenvalue weighted by Crippen LogP contribution is -2.32. The van der Waals surface area contributed by atoms with Gasteiger partial charge < -0.3 is 9.47 Å². The van der Waals surface area contributed by atoms with E-state index in [0.29, 0.717) is 25.6 Å². The molecule has 0 amide bonds. The average Bonchev–Trinajstić information content (AvgIpc) is 2.32. The van der Waals surface area contributed by atoms with Crippen molar-refractivity contribution < 1.29 is 19.1 Å². The van der Waals surface area contributed by atoms with Crippen LogP contribution in [-0.4, -0.2) is 25.2 Å². The minimum absolute atomic E-state index is 0.117. The van der Waals surface area contributed by atoms with Gasteiger partial charge in [0, 0.05) is 0 Å². The highest BCUT2D eigenvalue weighted by atomic mass is 16.6. The number of hydrogen-bond donors (Lipinski definition) is 0. The molecule has 0 aromatic heterocycles. The number of ether oxygens (including phenoxy) is 2. The molecule has 4 heteroatoms. The van der Waals surface area contributed by atoms with Crippen LogP contribution in [0, 0.1) is 22.7 Å². The van der Waals surface area contributed by atoms with E-state index in [-0.39, 0.29) is 10.8 Å². The maximum atomic E-state index is 12.2. The molecular weight excluding hydrogens is 280 g/mol. The van der Waals surface area contributed by atoms with Crippen LogP contribution in [0.25, 0.3) is 0 Å². The predicted molar refractivity (Wildman–Crippen MR) is 88.4 cm³/mol. The summed E-state index contributed by atoms with van der Waals surface area (Å²) in [7, 11) is 0. The molecule has 22 heavy (non-hydrogen) atoms. The molecule has 0 aromatic carbocycles. The van der Waals surface area contributed by atoms with Gasteiger partial charge in [-0.25, -0.2) is 0 Å². The van der Waals surface area contributed by atoms with Gasteiger partial charge >= 0.3 is 11.9 Å². The van der Waals surface area contributed by atoms with Crippen molar-refractivity contribution >= 4 is 11.9 Å². The van der Waals surface area contributed by atoms with E-state index in [1.807, 2.05) is 41.5 Å². The summed E-state index contributed by atoms with van der Waals surface area (Å²) >= 11 is 0. The maximum Gasteiger partial charge on any atom is 0.320 e. The normalized spacial score (nSPS) is 12.6. The van der Waals surface area contributed by atoms with Crippen LogP contribution in [-0.2, 0) is 19.1 Å². The average molecular weight is 314 g/mol. The molecule has 0 rings (SSSR count). The molecule has 0 radical (unpaired) electrons. The zero-order valence-corrected chi connectivity index (χ0v) is 15.6. The molecule has 0 aliphatic heterocycles. The van der Waals surface area contributed by atoms with E-state index in [1.54, 1.807) is 0 Å². The predicted octanol–water partition coefficient (Wildman–Crippen LogP) is 4.22. The lowest BCUT2D eigenvalue weighted by molar-refractivity contribution is -0.165. The van der Waals surface area contributed by atoms with E-state index >= 15 is 0 Å². The first-order valence-electron chi connectivity index (χ1n) is 8.15. The van der Waals surface area contributed by atoms with Gasteiger partial charge in [0.2, 0.25) is 0 Å². The minimum Gasteiger partial charge on any atom is -0.464 e. The van der Waals surface area contributed by atoms with Crippen molar-refractivity contribution in [3.63, 3.8) is 0 Å². The van der Waals surface area contributed by atoms with Gasteiger partial charge in [0.05, 0.1) is 13.2 Å². The fourth-order valence-electron chi connectivity index (χ4n) is 1.61. The molecule has 0 heterocycles. The Morgan fingerprint density at radius 2 is 1.14 bits per heavy atom. The molecule has 0 fully saturated rings. The Morgan fingerprint density at radius 3 is 1.41 bits per heavy atom. The Morgan fingerprint density at radius 1 is 0.773 bits per heavy atom. The van der Waals surface area contributed by atoms with Crippen molar-refractivity contribution in [2.24, 2.45) is 22.7 Å². The number of carbonyl (C=O) groups excluding carboxylic acids is 2. The molecule has 4 nitrogen and oxygen atoms in total. The third-order valence-electron chi connectivity index (χ3n) is 2.90. The fourth-order valence-corrected chi connectivity index (χ4v) is 1.61. The topological polar surface area (TPSA) is 52.6 Å². The van der Waals surface area contributed by atoms with E-state index in [0.717, 1.165) is 6.42 Å². The zero-order chi connectivity index (χ0) is 17.6. The summed E-state index contributed by atoms with van der Waals surface area (Å²) in [5, 5.41) is 0. The third kappa shape index (κ3) is 10.6. The number of esters is 2. The first-order valence-corrected chi connectivity index (χ1v) is 8.15. The van der Waals surface area contributed by atoms with Crippen LogP contribution in [0.2, 0.25) is 0 Å². The summed E-state index contributed by atoms with van der Waals surface area (Å²) < 4.78 is 10.6. The van der Waals surface area contributed by atoms with Gasteiger partial charge in [-0.15, -0.1) is 0 Å². The van der Waals surface area contributed by atoms with Gasteiger partial charge in [-0.2, -0.15) is 0 Å². The van der Waals surface area contributed by atoms with Crippen molar-refractivity contribution in [3.05, 3.63) is 0 Å². The van der Waals surface area contributed by atoms with Crippen molar-refractivity contribution in [2.45, 2.75) is 68.2 Å². The molecule has 0 aliphatic rings. The highest BCUT2D eigenvalue weighted by Gasteiger charge is 2.31. The summed E-state index contributed by atoms with van der Waals surface area (Å²) in [5.74, 6) is -1.32. The van der Waals surface area contributed by atoms with E-state index in [1.165, 1.54) is 0 Å². The second kappa shape index (κ2) is 8.54. The lowest BCUT2D eigenvalue weighted by atomic mass is 9.96. The summed E-state index contributed by atoms with van der Waals surface area (Å²) in [6.45, 7) is 16.7. The summed E-state index contributed by atoms with van der Waals surface area (Å²) in [6.07, 6.45) is 1.27. The highest BCUT2D eigenvalue weighted by molar-refractivity contribution is 5.94. The summed E-state index contributed by atoms with van der Waals surface area (Å²) in [4.78, 5) is 24.5. The molecule has 0 aliphatic carbocycles. The molecule has 0 spiro atoms. The van der Waals surface area contributed by atoms with Crippen LogP contribution in [0.15, 0.2) is 0 Å². The van der Waals surface area contributed by atoms with Gasteiger partial charge in [-0.05, 0) is 29.6 Å². The Hall–Kier alpha value is -1.06. The SMILES string of the molecule is CC(C)CCC(C(=O)OCC(C)(C)C)C(=O)OCC(C)(C)C. The van der Waals surface area contributed by atoms with Gasteiger partial charge in [0.25, 0.3) is 0 Å².